The summed E-state index contributed by atoms with van der Waals surface area (Å²) in [4.78, 5) is 36.7. The second kappa shape index (κ2) is 8.75. The second-order valence-electron chi connectivity index (χ2n) is 8.78. The van der Waals surface area contributed by atoms with Crippen molar-refractivity contribution in [2.75, 3.05) is 6.61 Å². The third-order valence-corrected chi connectivity index (χ3v) is 7.64. The lowest BCUT2D eigenvalue weighted by molar-refractivity contribution is -0.150. The van der Waals surface area contributed by atoms with Crippen molar-refractivity contribution in [3.8, 4) is 0 Å². The Morgan fingerprint density at radius 3 is 2.20 bits per heavy atom. The molecule has 1 fully saturated rings. The Morgan fingerprint density at radius 1 is 1.07 bits per heavy atom. The molecule has 0 unspecified atom stereocenters. The molecular weight excluding hydrogens is 408 g/mol. The van der Waals surface area contributed by atoms with Crippen LogP contribution in [0.1, 0.15) is 57.6 Å². The number of carbonyl (C=O) groups is 3. The highest BCUT2D eigenvalue weighted by molar-refractivity contribution is 7.93. The monoisotopic (exact) mass is 438 g/mol. The van der Waals surface area contributed by atoms with Crippen LogP contribution in [0.4, 0.5) is 4.79 Å². The molecule has 3 amide bonds. The van der Waals surface area contributed by atoms with E-state index >= 15 is 0 Å². The summed E-state index contributed by atoms with van der Waals surface area (Å²) in [5, 5.41) is 4.61. The number of hydrogen-bond acceptors (Lipinski definition) is 6. The van der Waals surface area contributed by atoms with Gasteiger partial charge in [-0.2, -0.15) is 0 Å². The predicted molar refractivity (Wildman–Crippen MR) is 112 cm³/mol. The molecule has 0 atom stereocenters. The maximum atomic E-state index is 13.4. The molecule has 1 aromatic carbocycles. The van der Waals surface area contributed by atoms with Crippen molar-refractivity contribution in [2.24, 2.45) is 0 Å². The number of amides is 3. The molecule has 2 N–H and O–H groups in total. The van der Waals surface area contributed by atoms with Gasteiger partial charge in [0.2, 0.25) is 0 Å². The topological polar surface area (TPSA) is 119 Å². The minimum atomic E-state index is -4.02. The van der Waals surface area contributed by atoms with Gasteiger partial charge in [-0.05, 0) is 70.7 Å². The summed E-state index contributed by atoms with van der Waals surface area (Å²) in [6, 6.07) is 4.04. The molecule has 0 heterocycles. The molecule has 0 aromatic heterocycles. The van der Waals surface area contributed by atoms with E-state index in [0.717, 1.165) is 11.1 Å². The van der Waals surface area contributed by atoms with Crippen molar-refractivity contribution >= 4 is 27.7 Å². The number of hydrogen-bond donors (Lipinski definition) is 2. The van der Waals surface area contributed by atoms with Gasteiger partial charge < -0.3 is 10.1 Å². The largest absolute Gasteiger partial charge is 0.454 e. The minimum absolute atomic E-state index is 0.0680. The van der Waals surface area contributed by atoms with Gasteiger partial charge >= 0.3 is 12.0 Å². The number of rotatable bonds is 5. The van der Waals surface area contributed by atoms with Crippen LogP contribution >= 0.6 is 0 Å². The van der Waals surface area contributed by atoms with Gasteiger partial charge in [0.25, 0.3) is 5.91 Å². The van der Waals surface area contributed by atoms with Crippen molar-refractivity contribution in [3.63, 3.8) is 0 Å². The number of imide groups is 1. The Hall–Kier alpha value is -2.42. The fourth-order valence-corrected chi connectivity index (χ4v) is 5.57. The number of carbonyl (C=O) groups excluding carboxylic acids is 3. The zero-order chi connectivity index (χ0) is 22.7. The van der Waals surface area contributed by atoms with Gasteiger partial charge in [0, 0.05) is 5.54 Å². The molecule has 2 rings (SSSR count). The number of benzene rings is 1. The standard InChI is InChI=1S/C21H30N2O6S/c1-14-8-9-16(12-15(14)2)30(27,28)21(10-6-7-11-21)18(25)29-13-17(24)22-19(26)23-20(3,4)5/h8-9,12H,6-7,10-11,13H2,1-5H3,(H2,22,23,24,26). The van der Waals surface area contributed by atoms with E-state index in [9.17, 15) is 22.8 Å². The van der Waals surface area contributed by atoms with Crippen LogP contribution in [0.15, 0.2) is 23.1 Å². The van der Waals surface area contributed by atoms with Gasteiger partial charge in [-0.3, -0.25) is 14.9 Å². The average Bonchev–Trinajstić information content (AvgIpc) is 3.12. The molecule has 30 heavy (non-hydrogen) atoms. The number of esters is 1. The lowest BCUT2D eigenvalue weighted by Crippen LogP contribution is -2.50. The summed E-state index contributed by atoms with van der Waals surface area (Å²) in [5.41, 5.74) is 1.21. The van der Waals surface area contributed by atoms with E-state index in [2.05, 4.69) is 10.6 Å². The number of nitrogens with one attached hydrogen (secondary N) is 2. The number of ether oxygens (including phenoxy) is 1. The van der Waals surface area contributed by atoms with E-state index in [4.69, 9.17) is 4.74 Å². The minimum Gasteiger partial charge on any atom is -0.454 e. The highest BCUT2D eigenvalue weighted by atomic mass is 32.2. The molecule has 1 aromatic rings. The van der Waals surface area contributed by atoms with Crippen molar-refractivity contribution < 1.29 is 27.5 Å². The summed E-state index contributed by atoms with van der Waals surface area (Å²) < 4.78 is 30.1. The molecule has 1 aliphatic carbocycles. The molecule has 1 aliphatic rings. The normalized spacial score (nSPS) is 16.0. The van der Waals surface area contributed by atoms with E-state index < -0.39 is 44.6 Å². The van der Waals surface area contributed by atoms with E-state index in [0.29, 0.717) is 12.8 Å². The maximum absolute atomic E-state index is 13.4. The third kappa shape index (κ3) is 5.19. The van der Waals surface area contributed by atoms with Crippen molar-refractivity contribution in [2.45, 2.75) is 75.5 Å². The van der Waals surface area contributed by atoms with Crippen LogP contribution in [0, 0.1) is 13.8 Å². The van der Waals surface area contributed by atoms with Crippen molar-refractivity contribution in [1.82, 2.24) is 10.6 Å². The number of urea groups is 1. The molecule has 0 spiro atoms. The lowest BCUT2D eigenvalue weighted by atomic mass is 10.1. The van der Waals surface area contributed by atoms with Gasteiger partial charge in [0.1, 0.15) is 0 Å². The van der Waals surface area contributed by atoms with Crippen LogP contribution in [0.25, 0.3) is 0 Å². The van der Waals surface area contributed by atoms with Crippen LogP contribution in [0.5, 0.6) is 0 Å². The molecular formula is C21H30N2O6S. The molecule has 0 aliphatic heterocycles. The van der Waals surface area contributed by atoms with Gasteiger partial charge in [0.15, 0.2) is 21.2 Å². The van der Waals surface area contributed by atoms with Crippen LogP contribution < -0.4 is 10.6 Å². The third-order valence-electron chi connectivity index (χ3n) is 5.16. The van der Waals surface area contributed by atoms with Crippen LogP contribution in [0.3, 0.4) is 0 Å². The van der Waals surface area contributed by atoms with E-state index in [1.54, 1.807) is 39.8 Å². The fourth-order valence-electron chi connectivity index (χ4n) is 3.43. The second-order valence-corrected chi connectivity index (χ2v) is 11.0. The molecule has 166 valence electrons. The predicted octanol–water partition coefficient (Wildman–Crippen LogP) is 2.56. The summed E-state index contributed by atoms with van der Waals surface area (Å²) in [6.45, 7) is 8.19. The summed E-state index contributed by atoms with van der Waals surface area (Å²) >= 11 is 0. The first-order valence-electron chi connectivity index (χ1n) is 9.90. The van der Waals surface area contributed by atoms with Gasteiger partial charge in [-0.25, -0.2) is 13.2 Å². The number of aryl methyl sites for hydroxylation is 2. The van der Waals surface area contributed by atoms with Crippen LogP contribution in [0.2, 0.25) is 0 Å². The molecule has 1 saturated carbocycles. The molecule has 0 saturated heterocycles. The summed E-state index contributed by atoms with van der Waals surface area (Å²) in [5.74, 6) is -1.79. The van der Waals surface area contributed by atoms with Gasteiger partial charge in [0.05, 0.1) is 4.90 Å². The average molecular weight is 439 g/mol. The Kier molecular flexibility index (Phi) is 6.96. The van der Waals surface area contributed by atoms with Crippen LogP contribution in [-0.2, 0) is 24.2 Å². The lowest BCUT2D eigenvalue weighted by Gasteiger charge is -2.27. The Bertz CT molecular complexity index is 941. The summed E-state index contributed by atoms with van der Waals surface area (Å²) in [7, 11) is -4.02. The van der Waals surface area contributed by atoms with E-state index in [1.165, 1.54) is 6.07 Å². The number of sulfone groups is 1. The first-order valence-corrected chi connectivity index (χ1v) is 11.4. The Labute approximate surface area is 177 Å². The fraction of sp³-hybridized carbons (Fsp3) is 0.571. The van der Waals surface area contributed by atoms with Crippen LogP contribution in [-0.4, -0.2) is 43.2 Å². The molecule has 9 heteroatoms. The van der Waals surface area contributed by atoms with E-state index in [1.807, 2.05) is 6.92 Å². The quantitative estimate of drug-likeness (QED) is 0.682. The van der Waals surface area contributed by atoms with Gasteiger partial charge in [-0.1, -0.05) is 18.9 Å². The van der Waals surface area contributed by atoms with Gasteiger partial charge in [-0.15, -0.1) is 0 Å². The van der Waals surface area contributed by atoms with Crippen molar-refractivity contribution in [1.29, 1.82) is 0 Å². The Morgan fingerprint density at radius 2 is 1.67 bits per heavy atom. The molecule has 0 bridgehead atoms. The molecule has 8 nitrogen and oxygen atoms in total. The Balaban J connectivity index is 2.15. The highest BCUT2D eigenvalue weighted by Crippen LogP contribution is 2.41. The smallest absolute Gasteiger partial charge is 0.328 e. The molecule has 0 radical (unpaired) electrons. The first-order chi connectivity index (χ1) is 13.8. The van der Waals surface area contributed by atoms with E-state index in [-0.39, 0.29) is 17.7 Å². The zero-order valence-corrected chi connectivity index (χ0v) is 18.9. The SMILES string of the molecule is Cc1ccc(S(=O)(=O)C2(C(=O)OCC(=O)NC(=O)NC(C)(C)C)CCCC2)cc1C. The maximum Gasteiger partial charge on any atom is 0.328 e. The zero-order valence-electron chi connectivity index (χ0n) is 18.1. The first kappa shape index (κ1) is 23.9. The summed E-state index contributed by atoms with van der Waals surface area (Å²) in [6.07, 6.45) is 1.40. The van der Waals surface area contributed by atoms with Crippen molar-refractivity contribution in [3.05, 3.63) is 29.3 Å². The highest BCUT2D eigenvalue weighted by Gasteiger charge is 2.54.